The number of aromatic nitrogens is 4. The second-order valence-electron chi connectivity index (χ2n) is 4.77. The van der Waals surface area contributed by atoms with Crippen molar-refractivity contribution in [2.45, 2.75) is 26.5 Å². The highest BCUT2D eigenvalue weighted by Crippen LogP contribution is 2.12. The number of nitrogens with one attached hydrogen (secondary N) is 1. The van der Waals surface area contributed by atoms with Gasteiger partial charge < -0.3 is 10.1 Å². The van der Waals surface area contributed by atoms with Gasteiger partial charge in [0.2, 0.25) is 0 Å². The second-order valence-corrected chi connectivity index (χ2v) is 4.77. The van der Waals surface area contributed by atoms with Gasteiger partial charge in [-0.2, -0.15) is 0 Å². The highest BCUT2D eigenvalue weighted by atomic mass is 16.5. The van der Waals surface area contributed by atoms with Gasteiger partial charge in [0.25, 0.3) is 5.91 Å². The summed E-state index contributed by atoms with van der Waals surface area (Å²) in [6.07, 6.45) is 0.263. The first-order valence-electron chi connectivity index (χ1n) is 6.78. The smallest absolute Gasteiger partial charge is 0.328 e. The molecule has 9 heteroatoms. The molecule has 120 valence electrons. The third-order valence-electron chi connectivity index (χ3n) is 2.90. The van der Waals surface area contributed by atoms with Crippen LogP contribution in [0.4, 0.5) is 5.69 Å². The van der Waals surface area contributed by atoms with Crippen LogP contribution in [0.1, 0.15) is 24.2 Å². The highest BCUT2D eigenvalue weighted by Gasteiger charge is 2.18. The van der Waals surface area contributed by atoms with Crippen molar-refractivity contribution in [1.82, 2.24) is 20.2 Å². The Morgan fingerprint density at radius 3 is 2.78 bits per heavy atom. The third-order valence-corrected chi connectivity index (χ3v) is 2.90. The van der Waals surface area contributed by atoms with Gasteiger partial charge in [-0.15, -0.1) is 5.10 Å². The lowest BCUT2D eigenvalue weighted by Crippen LogP contribution is -2.31. The summed E-state index contributed by atoms with van der Waals surface area (Å²) >= 11 is 0. The minimum absolute atomic E-state index is 0.109. The number of nitrogens with zero attached hydrogens (tertiary/aromatic N) is 4. The van der Waals surface area contributed by atoms with E-state index in [9.17, 15) is 14.4 Å². The summed E-state index contributed by atoms with van der Waals surface area (Å²) < 4.78 is 6.18. The molecule has 1 amide bonds. The van der Waals surface area contributed by atoms with Crippen LogP contribution in [-0.2, 0) is 20.9 Å². The standard InChI is InChI=1S/C14H15N5O4/c1-9(20)11-4-3-5-12(6-11)16-14(22)10(2)23-13(21)7-19-8-15-17-18-19/h3-6,8,10H,7H2,1-2H3,(H,16,22)/t10-/m1/s1. The van der Waals surface area contributed by atoms with E-state index >= 15 is 0 Å². The average molecular weight is 317 g/mol. The van der Waals surface area contributed by atoms with Crippen LogP contribution in [0.3, 0.4) is 0 Å². The largest absolute Gasteiger partial charge is 0.451 e. The number of carbonyl (C=O) groups excluding carboxylic acids is 3. The van der Waals surface area contributed by atoms with E-state index in [0.29, 0.717) is 11.3 Å². The SMILES string of the molecule is CC(=O)c1cccc(NC(=O)[C@@H](C)OC(=O)Cn2cnnn2)c1. The number of Topliss-reactive ketones (excluding diaryl/α,β-unsaturated/α-hetero) is 1. The van der Waals surface area contributed by atoms with Crippen molar-refractivity contribution < 1.29 is 19.1 Å². The molecule has 2 rings (SSSR count). The van der Waals surface area contributed by atoms with E-state index in [1.165, 1.54) is 24.9 Å². The summed E-state index contributed by atoms with van der Waals surface area (Å²) in [5.74, 6) is -1.25. The van der Waals surface area contributed by atoms with Gasteiger partial charge in [-0.05, 0) is 36.4 Å². The van der Waals surface area contributed by atoms with Crippen molar-refractivity contribution in [3.63, 3.8) is 0 Å². The number of tetrazole rings is 1. The van der Waals surface area contributed by atoms with Crippen molar-refractivity contribution in [1.29, 1.82) is 0 Å². The second kappa shape index (κ2) is 7.25. The fourth-order valence-electron chi connectivity index (χ4n) is 1.73. The van der Waals surface area contributed by atoms with E-state index in [2.05, 4.69) is 20.8 Å². The number of hydrogen-bond donors (Lipinski definition) is 1. The third kappa shape index (κ3) is 4.70. The predicted octanol–water partition coefficient (Wildman–Crippen LogP) is 0.446. The van der Waals surface area contributed by atoms with Crippen LogP contribution in [0.25, 0.3) is 0 Å². The molecule has 0 saturated carbocycles. The van der Waals surface area contributed by atoms with Crippen molar-refractivity contribution in [2.75, 3.05) is 5.32 Å². The van der Waals surface area contributed by atoms with Gasteiger partial charge in [-0.1, -0.05) is 12.1 Å². The molecule has 0 aliphatic heterocycles. The number of ether oxygens (including phenoxy) is 1. The van der Waals surface area contributed by atoms with E-state index in [-0.39, 0.29) is 12.3 Å². The Hall–Kier alpha value is -3.10. The molecule has 1 heterocycles. The summed E-state index contributed by atoms with van der Waals surface area (Å²) in [5.41, 5.74) is 0.928. The number of esters is 1. The van der Waals surface area contributed by atoms with Crippen LogP contribution >= 0.6 is 0 Å². The molecule has 0 radical (unpaired) electrons. The Morgan fingerprint density at radius 1 is 1.35 bits per heavy atom. The van der Waals surface area contributed by atoms with Gasteiger partial charge in [0.05, 0.1) is 0 Å². The van der Waals surface area contributed by atoms with Gasteiger partial charge in [-0.3, -0.25) is 14.4 Å². The molecule has 0 spiro atoms. The summed E-state index contributed by atoms with van der Waals surface area (Å²) in [4.78, 5) is 35.0. The van der Waals surface area contributed by atoms with Crippen LogP contribution in [0.2, 0.25) is 0 Å². The molecule has 2 aromatic rings. The first-order chi connectivity index (χ1) is 11.0. The number of ketones is 1. The quantitative estimate of drug-likeness (QED) is 0.607. The van der Waals surface area contributed by atoms with E-state index in [4.69, 9.17) is 4.74 Å². The molecule has 1 N–H and O–H groups in total. The minimum atomic E-state index is -1.00. The molecule has 0 bridgehead atoms. The van der Waals surface area contributed by atoms with Gasteiger partial charge in [0, 0.05) is 11.3 Å². The Balaban J connectivity index is 1.90. The number of carbonyl (C=O) groups is 3. The molecule has 0 unspecified atom stereocenters. The Morgan fingerprint density at radius 2 is 2.13 bits per heavy atom. The minimum Gasteiger partial charge on any atom is -0.451 e. The Bertz CT molecular complexity index is 714. The maximum absolute atomic E-state index is 12.0. The van der Waals surface area contributed by atoms with E-state index in [1.54, 1.807) is 24.3 Å². The number of amides is 1. The lowest BCUT2D eigenvalue weighted by Gasteiger charge is -2.13. The molecule has 1 atom stereocenters. The number of hydrogen-bond acceptors (Lipinski definition) is 7. The van der Waals surface area contributed by atoms with Gasteiger partial charge >= 0.3 is 5.97 Å². The maximum Gasteiger partial charge on any atom is 0.328 e. The zero-order valence-corrected chi connectivity index (χ0v) is 12.6. The van der Waals surface area contributed by atoms with Crippen LogP contribution in [0.5, 0.6) is 0 Å². The summed E-state index contributed by atoms with van der Waals surface area (Å²) in [6, 6.07) is 6.49. The zero-order valence-electron chi connectivity index (χ0n) is 12.6. The average Bonchev–Trinajstić information content (AvgIpc) is 3.00. The summed E-state index contributed by atoms with van der Waals surface area (Å²) in [7, 11) is 0. The van der Waals surface area contributed by atoms with Crippen LogP contribution < -0.4 is 5.32 Å². The van der Waals surface area contributed by atoms with Crippen LogP contribution in [0.15, 0.2) is 30.6 Å². The van der Waals surface area contributed by atoms with Crippen molar-refractivity contribution in [3.05, 3.63) is 36.2 Å². The highest BCUT2D eigenvalue weighted by molar-refractivity contribution is 5.98. The molecular formula is C14H15N5O4. The lowest BCUT2D eigenvalue weighted by molar-refractivity contribution is -0.153. The molecule has 9 nitrogen and oxygen atoms in total. The molecule has 1 aromatic heterocycles. The van der Waals surface area contributed by atoms with E-state index in [0.717, 1.165) is 0 Å². The summed E-state index contributed by atoms with van der Waals surface area (Å²) in [5, 5.41) is 12.9. The lowest BCUT2D eigenvalue weighted by atomic mass is 10.1. The first-order valence-corrected chi connectivity index (χ1v) is 6.78. The van der Waals surface area contributed by atoms with Crippen molar-refractivity contribution >= 4 is 23.3 Å². The fraction of sp³-hybridized carbons (Fsp3) is 0.286. The molecule has 0 saturated heterocycles. The van der Waals surface area contributed by atoms with Gasteiger partial charge in [-0.25, -0.2) is 4.68 Å². The Labute approximate surface area is 131 Å². The number of rotatable bonds is 6. The first kappa shape index (κ1) is 16.3. The van der Waals surface area contributed by atoms with Crippen LogP contribution in [0, 0.1) is 0 Å². The molecular weight excluding hydrogens is 302 g/mol. The van der Waals surface area contributed by atoms with Gasteiger partial charge in [0.15, 0.2) is 11.9 Å². The number of anilines is 1. The zero-order chi connectivity index (χ0) is 16.8. The molecule has 23 heavy (non-hydrogen) atoms. The normalized spacial score (nSPS) is 11.6. The monoisotopic (exact) mass is 317 g/mol. The molecule has 0 aliphatic carbocycles. The number of benzene rings is 1. The molecule has 1 aromatic carbocycles. The maximum atomic E-state index is 12.0. The summed E-state index contributed by atoms with van der Waals surface area (Å²) in [6.45, 7) is 2.69. The molecule has 0 aliphatic rings. The fourth-order valence-corrected chi connectivity index (χ4v) is 1.73. The Kier molecular flexibility index (Phi) is 5.13. The van der Waals surface area contributed by atoms with E-state index < -0.39 is 18.0 Å². The van der Waals surface area contributed by atoms with E-state index in [1.807, 2.05) is 0 Å². The van der Waals surface area contributed by atoms with Crippen LogP contribution in [-0.4, -0.2) is 44.0 Å². The van der Waals surface area contributed by atoms with Crippen molar-refractivity contribution in [2.24, 2.45) is 0 Å². The van der Waals surface area contributed by atoms with Gasteiger partial charge in [0.1, 0.15) is 12.9 Å². The molecule has 0 fully saturated rings. The van der Waals surface area contributed by atoms with Crippen molar-refractivity contribution in [3.8, 4) is 0 Å². The predicted molar refractivity (Wildman–Crippen MR) is 78.4 cm³/mol. The topological polar surface area (TPSA) is 116 Å².